The zero-order valence-electron chi connectivity index (χ0n) is 27.9. The average molecular weight is 611 g/mol. The van der Waals surface area contributed by atoms with Crippen LogP contribution in [0.3, 0.4) is 0 Å². The molecule has 2 unspecified atom stereocenters. The predicted molar refractivity (Wildman–Crippen MR) is 177 cm³/mol. The van der Waals surface area contributed by atoms with Crippen LogP contribution in [0, 0.1) is 0 Å². The van der Waals surface area contributed by atoms with Gasteiger partial charge in [-0.25, -0.2) is 0 Å². The third-order valence-electron chi connectivity index (χ3n) is 9.23. The number of phosphoric ester groups is 1. The lowest BCUT2D eigenvalue weighted by Crippen LogP contribution is -2.52. The van der Waals surface area contributed by atoms with Crippen molar-refractivity contribution in [3.8, 4) is 0 Å². The van der Waals surface area contributed by atoms with Crippen molar-refractivity contribution in [2.24, 2.45) is 0 Å². The lowest BCUT2D eigenvalue weighted by atomic mass is 10.0. The van der Waals surface area contributed by atoms with E-state index in [9.17, 15) is 14.4 Å². The Hall–Kier alpha value is -0.750. The molecule has 246 valence electrons. The summed E-state index contributed by atoms with van der Waals surface area (Å²) in [5, 5.41) is 0. The van der Waals surface area contributed by atoms with Gasteiger partial charge in [0.05, 0.1) is 19.6 Å². The van der Waals surface area contributed by atoms with E-state index in [1.54, 1.807) is 0 Å². The Morgan fingerprint density at radius 1 is 0.738 bits per heavy atom. The number of hydrogen-bond acceptors (Lipinski definition) is 4. The standard InChI is InChI=1S/C35H67N2O4P/c1-5-9-10-11-12-13-14-15-16-17-18-19-20-21-22-26-30-36(32-34-27-24-23-25-28-34)31-29-35(41-42(38,39)40)33-37(6-2,7-3)8-4/h23-25,27-28,35H,5-22,26,29-33H2,1-4H3,(H-,38,39,40). The van der Waals surface area contributed by atoms with Crippen LogP contribution in [0.5, 0.6) is 0 Å². The van der Waals surface area contributed by atoms with Gasteiger partial charge in [0.25, 0.3) is 7.82 Å². The van der Waals surface area contributed by atoms with E-state index in [1.165, 1.54) is 102 Å². The maximum atomic E-state index is 11.7. The van der Waals surface area contributed by atoms with Crippen molar-refractivity contribution in [3.05, 3.63) is 35.9 Å². The fourth-order valence-electron chi connectivity index (χ4n) is 6.18. The molecule has 7 heteroatoms. The molecule has 2 atom stereocenters. The SMILES string of the molecule is CCCCCCCCCCCCCCCCCCN(CCC(C[N+](CC)(CC)CC)OP(=O)([O-])O)Cc1ccccc1. The van der Waals surface area contributed by atoms with Crippen molar-refractivity contribution in [1.82, 2.24) is 4.90 Å². The molecule has 0 saturated heterocycles. The maximum Gasteiger partial charge on any atom is 0.265 e. The first kappa shape index (κ1) is 39.3. The monoisotopic (exact) mass is 610 g/mol. The molecule has 0 saturated carbocycles. The second-order valence-corrected chi connectivity index (χ2v) is 13.7. The number of quaternary nitrogens is 1. The van der Waals surface area contributed by atoms with Gasteiger partial charge in [-0.15, -0.1) is 0 Å². The molecular weight excluding hydrogens is 543 g/mol. The molecular formula is C35H67N2O4P. The fraction of sp³-hybridized carbons (Fsp3) is 0.829. The number of nitrogens with zero attached hydrogens (tertiary/aromatic N) is 2. The van der Waals surface area contributed by atoms with Crippen LogP contribution in [0.25, 0.3) is 0 Å². The first-order valence-electron chi connectivity index (χ1n) is 17.6. The predicted octanol–water partition coefficient (Wildman–Crippen LogP) is 8.86. The Bertz CT molecular complexity index is 776. The summed E-state index contributed by atoms with van der Waals surface area (Å²) in [5.74, 6) is 0. The highest BCUT2D eigenvalue weighted by Gasteiger charge is 2.29. The van der Waals surface area contributed by atoms with Gasteiger partial charge in [-0.05, 0) is 45.7 Å². The summed E-state index contributed by atoms with van der Waals surface area (Å²) < 4.78 is 17.7. The number of benzene rings is 1. The largest absolute Gasteiger partial charge is 0.756 e. The van der Waals surface area contributed by atoms with E-state index in [-0.39, 0.29) is 0 Å². The van der Waals surface area contributed by atoms with E-state index in [4.69, 9.17) is 4.52 Å². The fourth-order valence-corrected chi connectivity index (χ4v) is 6.73. The number of rotatable bonds is 29. The molecule has 1 N–H and O–H groups in total. The Labute approximate surface area is 260 Å². The van der Waals surface area contributed by atoms with Gasteiger partial charge in [-0.2, -0.15) is 0 Å². The van der Waals surface area contributed by atoms with Gasteiger partial charge in [0, 0.05) is 13.1 Å². The number of unbranched alkanes of at least 4 members (excludes halogenated alkanes) is 15. The molecule has 0 fully saturated rings. The highest BCUT2D eigenvalue weighted by molar-refractivity contribution is 7.44. The highest BCUT2D eigenvalue weighted by atomic mass is 31.2. The highest BCUT2D eigenvalue weighted by Crippen LogP contribution is 2.34. The summed E-state index contributed by atoms with van der Waals surface area (Å²) in [6, 6.07) is 10.5. The summed E-state index contributed by atoms with van der Waals surface area (Å²) in [6.45, 7) is 14.6. The van der Waals surface area contributed by atoms with Crippen molar-refractivity contribution in [2.45, 2.75) is 149 Å². The molecule has 0 aliphatic rings. The quantitative estimate of drug-likeness (QED) is 0.0557. The van der Waals surface area contributed by atoms with Crippen LogP contribution in [0.2, 0.25) is 0 Å². The number of hydrogen-bond donors (Lipinski definition) is 1. The Morgan fingerprint density at radius 3 is 1.62 bits per heavy atom. The van der Waals surface area contributed by atoms with Gasteiger partial charge in [-0.3, -0.25) is 9.46 Å². The topological polar surface area (TPSA) is 72.8 Å². The summed E-state index contributed by atoms with van der Waals surface area (Å²) in [7, 11) is -4.80. The minimum Gasteiger partial charge on any atom is -0.756 e. The number of phosphoric acid groups is 1. The van der Waals surface area contributed by atoms with Crippen molar-refractivity contribution >= 4 is 7.82 Å². The molecule has 6 nitrogen and oxygen atoms in total. The van der Waals surface area contributed by atoms with Crippen molar-refractivity contribution in [2.75, 3.05) is 39.3 Å². The van der Waals surface area contributed by atoms with E-state index in [2.05, 4.69) is 56.9 Å². The third kappa shape index (κ3) is 20.3. The molecule has 42 heavy (non-hydrogen) atoms. The summed E-state index contributed by atoms with van der Waals surface area (Å²) >= 11 is 0. The summed E-state index contributed by atoms with van der Waals surface area (Å²) in [4.78, 5) is 23.7. The maximum absolute atomic E-state index is 11.7. The van der Waals surface area contributed by atoms with Crippen molar-refractivity contribution < 1.29 is 23.4 Å². The van der Waals surface area contributed by atoms with E-state index in [0.717, 1.165) is 50.2 Å². The summed E-state index contributed by atoms with van der Waals surface area (Å²) in [6.07, 6.45) is 21.9. The zero-order valence-corrected chi connectivity index (χ0v) is 28.8. The van der Waals surface area contributed by atoms with Crippen LogP contribution in [-0.2, 0) is 15.6 Å². The van der Waals surface area contributed by atoms with Crippen LogP contribution in [-0.4, -0.2) is 59.6 Å². The zero-order chi connectivity index (χ0) is 30.9. The average Bonchev–Trinajstić information content (AvgIpc) is 2.98. The molecule has 1 aromatic rings. The van der Waals surface area contributed by atoms with Gasteiger partial charge >= 0.3 is 0 Å². The Morgan fingerprint density at radius 2 is 1.19 bits per heavy atom. The second-order valence-electron chi connectivity index (χ2n) is 12.5. The molecule has 0 amide bonds. The van der Waals surface area contributed by atoms with Gasteiger partial charge in [-0.1, -0.05) is 134 Å². The van der Waals surface area contributed by atoms with E-state index in [0.29, 0.717) is 13.0 Å². The molecule has 0 bridgehead atoms. The van der Waals surface area contributed by atoms with E-state index in [1.807, 2.05) is 6.07 Å². The first-order valence-corrected chi connectivity index (χ1v) is 19.1. The molecule has 1 aromatic carbocycles. The van der Waals surface area contributed by atoms with Crippen LogP contribution < -0.4 is 4.89 Å². The lowest BCUT2D eigenvalue weighted by molar-refractivity contribution is -0.925. The van der Waals surface area contributed by atoms with Gasteiger partial charge in [0.2, 0.25) is 0 Å². The van der Waals surface area contributed by atoms with Crippen LogP contribution >= 0.6 is 7.82 Å². The molecule has 0 radical (unpaired) electrons. The molecule has 0 aliphatic heterocycles. The molecule has 0 spiro atoms. The minimum atomic E-state index is -4.80. The minimum absolute atomic E-state index is 0.526. The van der Waals surface area contributed by atoms with E-state index >= 15 is 0 Å². The van der Waals surface area contributed by atoms with Crippen LogP contribution in [0.4, 0.5) is 0 Å². The van der Waals surface area contributed by atoms with Crippen molar-refractivity contribution in [1.29, 1.82) is 0 Å². The number of likely N-dealkylation sites (N-methyl/N-ethyl adjacent to an activating group) is 1. The smallest absolute Gasteiger partial charge is 0.265 e. The summed E-state index contributed by atoms with van der Waals surface area (Å²) in [5.41, 5.74) is 1.27. The van der Waals surface area contributed by atoms with Crippen molar-refractivity contribution in [3.63, 3.8) is 0 Å². The van der Waals surface area contributed by atoms with E-state index < -0.39 is 13.9 Å². The third-order valence-corrected chi connectivity index (χ3v) is 9.79. The van der Waals surface area contributed by atoms with Gasteiger partial charge in [0.1, 0.15) is 12.6 Å². The van der Waals surface area contributed by atoms with Gasteiger partial charge < -0.3 is 18.8 Å². The lowest BCUT2D eigenvalue weighted by Gasteiger charge is -2.39. The van der Waals surface area contributed by atoms with Crippen LogP contribution in [0.15, 0.2) is 30.3 Å². The Kier molecular flexibility index (Phi) is 23.0. The molecule has 1 rings (SSSR count). The molecule has 0 aliphatic carbocycles. The molecule has 0 heterocycles. The first-order chi connectivity index (χ1) is 20.3. The molecule has 0 aromatic heterocycles. The van der Waals surface area contributed by atoms with Crippen LogP contribution in [0.1, 0.15) is 142 Å². The second kappa shape index (κ2) is 24.6. The normalized spacial score (nSPS) is 14.4. The Balaban J connectivity index is 2.40. The van der Waals surface area contributed by atoms with Gasteiger partial charge in [0.15, 0.2) is 0 Å².